The zero-order chi connectivity index (χ0) is 42.1. The minimum absolute atomic E-state index is 0.0639. The van der Waals surface area contributed by atoms with Crippen molar-refractivity contribution in [2.45, 2.75) is 57.8 Å². The van der Waals surface area contributed by atoms with Gasteiger partial charge in [-0.2, -0.15) is 0 Å². The Kier molecular flexibility index (Phi) is 14.0. The Morgan fingerprint density at radius 3 is 1.86 bits per heavy atom. The van der Waals surface area contributed by atoms with Gasteiger partial charge < -0.3 is 19.8 Å². The van der Waals surface area contributed by atoms with Gasteiger partial charge in [0.25, 0.3) is 0 Å². The maximum absolute atomic E-state index is 14.0. The lowest BCUT2D eigenvalue weighted by Crippen LogP contribution is -2.40. The largest absolute Gasteiger partial charge is 0.344 e. The highest BCUT2D eigenvalue weighted by Crippen LogP contribution is 2.36. The average molecular weight is 789 g/mol. The van der Waals surface area contributed by atoms with Gasteiger partial charge in [0.2, 0.25) is 11.8 Å². The van der Waals surface area contributed by atoms with E-state index < -0.39 is 0 Å². The molecule has 10 heteroatoms. The molecule has 7 rings (SSSR count). The number of benzene rings is 4. The molecule has 1 aliphatic rings. The Morgan fingerprint density at radius 1 is 0.763 bits per heavy atom. The van der Waals surface area contributed by atoms with E-state index in [4.69, 9.17) is 4.98 Å². The van der Waals surface area contributed by atoms with Gasteiger partial charge in [0.05, 0.1) is 30.2 Å². The second-order valence-corrected chi connectivity index (χ2v) is 15.5. The number of aryl methyl sites for hydroxylation is 1. The molecule has 6 aromatic rings. The van der Waals surface area contributed by atoms with Crippen LogP contribution in [-0.4, -0.2) is 92.6 Å². The van der Waals surface area contributed by atoms with E-state index in [2.05, 4.69) is 90.2 Å². The van der Waals surface area contributed by atoms with E-state index >= 15 is 0 Å². The molecule has 0 unspecified atom stereocenters. The summed E-state index contributed by atoms with van der Waals surface area (Å²) in [6.07, 6.45) is 12.5. The third kappa shape index (κ3) is 9.55. The number of aromatic amines is 2. The van der Waals surface area contributed by atoms with Crippen LogP contribution in [0.2, 0.25) is 0 Å². The molecule has 2 amide bonds. The van der Waals surface area contributed by atoms with Gasteiger partial charge in [-0.3, -0.25) is 19.4 Å². The van der Waals surface area contributed by atoms with Crippen LogP contribution in [0.25, 0.3) is 33.6 Å². The van der Waals surface area contributed by atoms with Crippen molar-refractivity contribution in [3.05, 3.63) is 144 Å². The Morgan fingerprint density at radius 2 is 1.31 bits per heavy atom. The monoisotopic (exact) mass is 788 g/mol. The number of likely N-dealkylation sites (N-methyl/N-ethyl adjacent to an activating group) is 2. The zero-order valence-corrected chi connectivity index (χ0v) is 35.1. The quantitative estimate of drug-likeness (QED) is 0.107. The molecule has 2 aromatic heterocycles. The number of imidazole rings is 2. The first-order valence-electron chi connectivity index (χ1n) is 20.3. The summed E-state index contributed by atoms with van der Waals surface area (Å²) < 4.78 is 0. The smallest absolute Gasteiger partial charge is 0.245 e. The molecule has 1 fully saturated rings. The van der Waals surface area contributed by atoms with Crippen LogP contribution < -0.4 is 0 Å². The number of nitrogens with one attached hydrogen (secondary N) is 2. The van der Waals surface area contributed by atoms with Gasteiger partial charge >= 0.3 is 0 Å². The van der Waals surface area contributed by atoms with Gasteiger partial charge in [0, 0.05) is 24.3 Å². The molecule has 304 valence electrons. The fourth-order valence-electron chi connectivity index (χ4n) is 8.13. The first-order valence-corrected chi connectivity index (χ1v) is 20.3. The summed E-state index contributed by atoms with van der Waals surface area (Å²) in [6.45, 7) is 5.92. The molecule has 1 saturated heterocycles. The second kappa shape index (κ2) is 19.4. The maximum Gasteiger partial charge on any atom is 0.245 e. The topological polar surface area (TPSA) is 104 Å². The van der Waals surface area contributed by atoms with Crippen molar-refractivity contribution in [3.63, 3.8) is 0 Å². The molecule has 0 aliphatic carbocycles. The standard InChI is InChI=1S/C47H54N8O2.C2H2/c1-7-28-54(46(56)43(52(3)4)37-15-10-8-11-16-37)31-41-48-30-39(50-41)35-24-20-33(21-25-35)34-22-26-36(27-23-34)42-32(2)49-45(51-42)40-19-14-29-55(40)47(57)44(53(5)6)38-17-12-9-13-18-38;1-2/h8-13,15-18,20-27,30,40,43-44H,7,14,19,28-29,31H2,1-6H3,(H,48,50)(H,49,51);1-2H/t40-,43+,44+;/m0./s1. The highest BCUT2D eigenvalue weighted by atomic mass is 16.2. The molecule has 59 heavy (non-hydrogen) atoms. The highest BCUT2D eigenvalue weighted by Gasteiger charge is 2.37. The second-order valence-electron chi connectivity index (χ2n) is 15.5. The molecule has 1 aliphatic heterocycles. The summed E-state index contributed by atoms with van der Waals surface area (Å²) in [5, 5.41) is 0. The number of likely N-dealkylation sites (tertiary alicyclic amines) is 1. The van der Waals surface area contributed by atoms with Gasteiger partial charge in [0.15, 0.2) is 0 Å². The van der Waals surface area contributed by atoms with Crippen molar-refractivity contribution in [3.8, 4) is 46.5 Å². The summed E-state index contributed by atoms with van der Waals surface area (Å²) >= 11 is 0. The van der Waals surface area contributed by atoms with E-state index in [1.54, 1.807) is 0 Å². The predicted octanol–water partition coefficient (Wildman–Crippen LogP) is 8.70. The van der Waals surface area contributed by atoms with Gasteiger partial charge in [0.1, 0.15) is 23.7 Å². The predicted molar refractivity (Wildman–Crippen MR) is 237 cm³/mol. The average Bonchev–Trinajstić information content (AvgIpc) is 4.03. The summed E-state index contributed by atoms with van der Waals surface area (Å²) in [5.74, 6) is 1.77. The first-order chi connectivity index (χ1) is 28.6. The van der Waals surface area contributed by atoms with Crippen LogP contribution >= 0.6 is 0 Å². The van der Waals surface area contributed by atoms with E-state index in [0.717, 1.165) is 87.9 Å². The summed E-state index contributed by atoms with van der Waals surface area (Å²) in [6, 6.07) is 36.1. The lowest BCUT2D eigenvalue weighted by atomic mass is 10.0. The number of rotatable bonds is 14. The highest BCUT2D eigenvalue weighted by molar-refractivity contribution is 5.84. The lowest BCUT2D eigenvalue weighted by molar-refractivity contribution is -0.138. The first kappa shape index (κ1) is 42.3. The normalized spacial score (nSPS) is 14.8. The van der Waals surface area contributed by atoms with Gasteiger partial charge in [-0.05, 0) is 82.2 Å². The Balaban J connectivity index is 0.00000288. The Labute approximate surface area is 349 Å². The molecular weight excluding hydrogens is 733 g/mol. The van der Waals surface area contributed by atoms with Crippen LogP contribution in [0.5, 0.6) is 0 Å². The number of hydrogen-bond donors (Lipinski definition) is 2. The van der Waals surface area contributed by atoms with Crippen molar-refractivity contribution in [1.29, 1.82) is 0 Å². The Bertz CT molecular complexity index is 2290. The van der Waals surface area contributed by atoms with Gasteiger partial charge in [-0.1, -0.05) is 116 Å². The van der Waals surface area contributed by atoms with Crippen LogP contribution in [0, 0.1) is 19.8 Å². The van der Waals surface area contributed by atoms with Crippen LogP contribution in [0.1, 0.15) is 72.8 Å². The molecule has 3 heterocycles. The molecule has 10 nitrogen and oxygen atoms in total. The SMILES string of the molecule is C#C.CCCN(Cc1ncc(-c2ccc(-c3ccc(-c4nc([C@@H]5CCCN5C(=O)[C@@H](c5ccccc5)N(C)C)[nH]c4C)cc3)cc2)[nH]1)C(=O)[C@@H](c1ccccc1)N(C)C. The minimum atomic E-state index is -0.365. The van der Waals surface area contributed by atoms with Crippen molar-refractivity contribution >= 4 is 11.8 Å². The lowest BCUT2D eigenvalue weighted by Gasteiger charge is -2.31. The van der Waals surface area contributed by atoms with Crippen LogP contribution in [-0.2, 0) is 16.1 Å². The molecule has 0 bridgehead atoms. The van der Waals surface area contributed by atoms with Crippen LogP contribution in [0.4, 0.5) is 0 Å². The summed E-state index contributed by atoms with van der Waals surface area (Å²) in [4.78, 5) is 52.5. The van der Waals surface area contributed by atoms with Crippen molar-refractivity contribution < 1.29 is 9.59 Å². The third-order valence-electron chi connectivity index (χ3n) is 10.9. The molecule has 0 saturated carbocycles. The summed E-state index contributed by atoms with van der Waals surface area (Å²) in [5.41, 5.74) is 9.05. The number of carbonyl (C=O) groups is 2. The van der Waals surface area contributed by atoms with Gasteiger partial charge in [-0.15, -0.1) is 12.8 Å². The number of carbonyl (C=O) groups excluding carboxylic acids is 2. The van der Waals surface area contributed by atoms with E-state index in [1.165, 1.54) is 0 Å². The van der Waals surface area contributed by atoms with Crippen molar-refractivity contribution in [1.82, 2.24) is 39.5 Å². The molecule has 3 atom stereocenters. The third-order valence-corrected chi connectivity index (χ3v) is 10.9. The number of terminal acetylenes is 1. The zero-order valence-electron chi connectivity index (χ0n) is 35.1. The fraction of sp³-hybridized carbons (Fsp3) is 0.306. The van der Waals surface area contributed by atoms with E-state index in [9.17, 15) is 9.59 Å². The van der Waals surface area contributed by atoms with E-state index in [1.807, 2.05) is 115 Å². The molecule has 0 radical (unpaired) electrons. The van der Waals surface area contributed by atoms with E-state index in [0.29, 0.717) is 13.1 Å². The van der Waals surface area contributed by atoms with Gasteiger partial charge in [-0.25, -0.2) is 9.97 Å². The fourth-order valence-corrected chi connectivity index (χ4v) is 8.13. The number of aromatic nitrogens is 4. The van der Waals surface area contributed by atoms with Crippen molar-refractivity contribution in [2.75, 3.05) is 41.3 Å². The summed E-state index contributed by atoms with van der Waals surface area (Å²) in [7, 11) is 7.82. The maximum atomic E-state index is 14.0. The van der Waals surface area contributed by atoms with Crippen molar-refractivity contribution in [2.24, 2.45) is 0 Å². The molecule has 2 N–H and O–H groups in total. The number of hydrogen-bond acceptors (Lipinski definition) is 6. The van der Waals surface area contributed by atoms with E-state index in [-0.39, 0.29) is 29.9 Å². The van der Waals surface area contributed by atoms with Crippen LogP contribution in [0.15, 0.2) is 115 Å². The molecule has 0 spiro atoms. The number of H-pyrrole nitrogens is 2. The number of nitrogens with zero attached hydrogens (tertiary/aromatic N) is 6. The Hall–Kier alpha value is -6.28. The minimum Gasteiger partial charge on any atom is -0.344 e. The van der Waals surface area contributed by atoms with Crippen LogP contribution in [0.3, 0.4) is 0 Å². The molecular formula is C49H56N8O2. The number of amides is 2. The molecule has 4 aromatic carbocycles.